The molecule has 1 aliphatic heterocycles. The van der Waals surface area contributed by atoms with Gasteiger partial charge in [-0.15, -0.1) is 11.3 Å². The van der Waals surface area contributed by atoms with Crippen LogP contribution in [-0.2, 0) is 0 Å². The Morgan fingerprint density at radius 3 is 2.73 bits per heavy atom. The van der Waals surface area contributed by atoms with Crippen LogP contribution in [0.1, 0.15) is 22.5 Å². The SMILES string of the molecule is COc1ccc2sc(OC3CCN(C(=O)c4ccc(Br)s4)CC3)nc2c1. The van der Waals surface area contributed by atoms with Gasteiger partial charge in [0.05, 0.1) is 26.0 Å². The third-order valence-corrected chi connectivity index (χ3v) is 6.89. The van der Waals surface area contributed by atoms with Gasteiger partial charge in [-0.05, 0) is 40.2 Å². The summed E-state index contributed by atoms with van der Waals surface area (Å²) in [4.78, 5) is 19.7. The van der Waals surface area contributed by atoms with E-state index >= 15 is 0 Å². The van der Waals surface area contributed by atoms with E-state index in [1.54, 1.807) is 18.4 Å². The fraction of sp³-hybridized carbons (Fsp3) is 0.333. The Morgan fingerprint density at radius 2 is 2.04 bits per heavy atom. The van der Waals surface area contributed by atoms with Crippen molar-refractivity contribution in [3.8, 4) is 10.9 Å². The summed E-state index contributed by atoms with van der Waals surface area (Å²) in [5.41, 5.74) is 0.889. The molecule has 0 aliphatic carbocycles. The zero-order chi connectivity index (χ0) is 18.1. The number of ether oxygens (including phenoxy) is 2. The summed E-state index contributed by atoms with van der Waals surface area (Å²) < 4.78 is 13.4. The number of rotatable bonds is 4. The van der Waals surface area contributed by atoms with Crippen molar-refractivity contribution in [2.75, 3.05) is 20.2 Å². The minimum atomic E-state index is 0.0941. The van der Waals surface area contributed by atoms with E-state index < -0.39 is 0 Å². The van der Waals surface area contributed by atoms with Crippen LogP contribution in [-0.4, -0.2) is 42.1 Å². The number of fused-ring (bicyclic) bond motifs is 1. The van der Waals surface area contributed by atoms with Crippen molar-refractivity contribution in [1.82, 2.24) is 9.88 Å². The zero-order valence-electron chi connectivity index (χ0n) is 14.1. The van der Waals surface area contributed by atoms with Crippen molar-refractivity contribution in [2.24, 2.45) is 0 Å². The van der Waals surface area contributed by atoms with Gasteiger partial charge in [-0.2, -0.15) is 0 Å². The van der Waals surface area contributed by atoms with Gasteiger partial charge in [-0.1, -0.05) is 11.3 Å². The van der Waals surface area contributed by atoms with Crippen molar-refractivity contribution < 1.29 is 14.3 Å². The molecule has 3 aromatic rings. The Balaban J connectivity index is 1.37. The fourth-order valence-electron chi connectivity index (χ4n) is 2.97. The summed E-state index contributed by atoms with van der Waals surface area (Å²) in [7, 11) is 1.65. The molecule has 0 N–H and O–H groups in total. The Hall–Kier alpha value is -1.64. The second-order valence-electron chi connectivity index (χ2n) is 6.03. The van der Waals surface area contributed by atoms with Crippen LogP contribution in [0.2, 0.25) is 0 Å². The summed E-state index contributed by atoms with van der Waals surface area (Å²) in [6, 6.07) is 9.63. The third kappa shape index (κ3) is 3.72. The molecule has 136 valence electrons. The summed E-state index contributed by atoms with van der Waals surface area (Å²) in [6.45, 7) is 1.41. The summed E-state index contributed by atoms with van der Waals surface area (Å²) in [5, 5.41) is 0.681. The number of hydrogen-bond acceptors (Lipinski definition) is 6. The molecular weight excluding hydrogens is 436 g/mol. The highest BCUT2D eigenvalue weighted by atomic mass is 79.9. The normalized spacial score (nSPS) is 15.4. The maximum Gasteiger partial charge on any atom is 0.274 e. The van der Waals surface area contributed by atoms with Gasteiger partial charge in [0.15, 0.2) is 0 Å². The van der Waals surface area contributed by atoms with Gasteiger partial charge in [0, 0.05) is 32.0 Å². The molecule has 0 bridgehead atoms. The van der Waals surface area contributed by atoms with Crippen LogP contribution in [0, 0.1) is 0 Å². The van der Waals surface area contributed by atoms with Gasteiger partial charge in [0.1, 0.15) is 11.9 Å². The van der Waals surface area contributed by atoms with Crippen LogP contribution in [0.5, 0.6) is 10.9 Å². The van der Waals surface area contributed by atoms with E-state index in [-0.39, 0.29) is 12.0 Å². The number of carbonyl (C=O) groups is 1. The van der Waals surface area contributed by atoms with Crippen molar-refractivity contribution in [3.63, 3.8) is 0 Å². The number of aromatic nitrogens is 1. The number of thiazole rings is 1. The van der Waals surface area contributed by atoms with E-state index in [9.17, 15) is 4.79 Å². The number of amides is 1. The lowest BCUT2D eigenvalue weighted by Gasteiger charge is -2.31. The Kier molecular flexibility index (Phi) is 5.15. The standard InChI is InChI=1S/C18H17BrN2O3S2/c1-23-12-2-3-14-13(10-12)20-18(26-14)24-11-6-8-21(9-7-11)17(22)15-4-5-16(19)25-15/h2-5,10-11H,6-9H2,1H3. The number of piperidine rings is 1. The molecule has 1 amide bonds. The molecule has 26 heavy (non-hydrogen) atoms. The van der Waals surface area contributed by atoms with Crippen LogP contribution in [0.15, 0.2) is 34.1 Å². The highest BCUT2D eigenvalue weighted by molar-refractivity contribution is 9.11. The lowest BCUT2D eigenvalue weighted by atomic mass is 10.1. The molecule has 0 saturated carbocycles. The number of carbonyl (C=O) groups excluding carboxylic acids is 1. The lowest BCUT2D eigenvalue weighted by Crippen LogP contribution is -2.41. The largest absolute Gasteiger partial charge is 0.497 e. The summed E-state index contributed by atoms with van der Waals surface area (Å²) in [6.07, 6.45) is 1.73. The number of halogens is 1. The Labute approximate surface area is 167 Å². The summed E-state index contributed by atoms with van der Waals surface area (Å²) in [5.74, 6) is 0.896. The van der Waals surface area contributed by atoms with Gasteiger partial charge in [0.2, 0.25) is 0 Å². The molecule has 2 aromatic heterocycles. The van der Waals surface area contributed by atoms with Gasteiger partial charge in [0.25, 0.3) is 11.1 Å². The van der Waals surface area contributed by atoms with E-state index in [1.807, 2.05) is 35.2 Å². The molecule has 4 rings (SSSR count). The predicted molar refractivity (Wildman–Crippen MR) is 108 cm³/mol. The molecule has 0 unspecified atom stereocenters. The first kappa shape index (κ1) is 17.8. The Bertz CT molecular complexity index is 932. The number of hydrogen-bond donors (Lipinski definition) is 0. The van der Waals surface area contributed by atoms with Crippen molar-refractivity contribution in [2.45, 2.75) is 18.9 Å². The third-order valence-electron chi connectivity index (χ3n) is 4.36. The monoisotopic (exact) mass is 452 g/mol. The molecule has 3 heterocycles. The molecular formula is C18H17BrN2O3S2. The first-order valence-corrected chi connectivity index (χ1v) is 10.7. The van der Waals surface area contributed by atoms with Crippen molar-refractivity contribution in [1.29, 1.82) is 0 Å². The molecule has 8 heteroatoms. The van der Waals surface area contributed by atoms with Crippen molar-refractivity contribution in [3.05, 3.63) is 39.0 Å². The smallest absolute Gasteiger partial charge is 0.274 e. The quantitative estimate of drug-likeness (QED) is 0.569. The molecule has 0 radical (unpaired) electrons. The number of likely N-dealkylation sites (tertiary alicyclic amines) is 1. The topological polar surface area (TPSA) is 51.7 Å². The molecule has 1 fully saturated rings. The maximum absolute atomic E-state index is 12.5. The lowest BCUT2D eigenvalue weighted by molar-refractivity contribution is 0.0600. The van der Waals surface area contributed by atoms with Crippen LogP contribution in [0.25, 0.3) is 10.2 Å². The van der Waals surface area contributed by atoms with Gasteiger partial charge in [-0.3, -0.25) is 4.79 Å². The minimum absolute atomic E-state index is 0.0941. The maximum atomic E-state index is 12.5. The summed E-state index contributed by atoms with van der Waals surface area (Å²) >= 11 is 6.43. The molecule has 5 nitrogen and oxygen atoms in total. The molecule has 1 aromatic carbocycles. The van der Waals surface area contributed by atoms with E-state index in [1.165, 1.54) is 11.3 Å². The van der Waals surface area contributed by atoms with E-state index in [4.69, 9.17) is 9.47 Å². The molecule has 0 atom stereocenters. The van der Waals surface area contributed by atoms with Gasteiger partial charge in [-0.25, -0.2) is 4.98 Å². The van der Waals surface area contributed by atoms with Crippen LogP contribution >= 0.6 is 38.6 Å². The average Bonchev–Trinajstić information content (AvgIpc) is 3.26. The number of benzene rings is 1. The predicted octanol–water partition coefficient (Wildman–Crippen LogP) is 4.81. The van der Waals surface area contributed by atoms with Crippen molar-refractivity contribution >= 4 is 54.7 Å². The number of nitrogens with zero attached hydrogens (tertiary/aromatic N) is 2. The minimum Gasteiger partial charge on any atom is -0.497 e. The van der Waals surface area contributed by atoms with E-state index in [0.29, 0.717) is 18.3 Å². The molecule has 1 aliphatic rings. The van der Waals surface area contributed by atoms with Gasteiger partial charge >= 0.3 is 0 Å². The second-order valence-corrected chi connectivity index (χ2v) is 9.48. The first-order chi connectivity index (χ1) is 12.6. The number of thiophene rings is 1. The fourth-order valence-corrected chi connectivity index (χ4v) is 5.18. The number of methoxy groups -OCH3 is 1. The highest BCUT2D eigenvalue weighted by Gasteiger charge is 2.26. The molecule has 1 saturated heterocycles. The van der Waals surface area contributed by atoms with Crippen LogP contribution in [0.4, 0.5) is 0 Å². The Morgan fingerprint density at radius 1 is 1.23 bits per heavy atom. The first-order valence-electron chi connectivity index (χ1n) is 8.28. The van der Waals surface area contributed by atoms with Crippen LogP contribution < -0.4 is 9.47 Å². The van der Waals surface area contributed by atoms with E-state index in [0.717, 1.165) is 37.5 Å². The second kappa shape index (κ2) is 7.54. The van der Waals surface area contributed by atoms with E-state index in [2.05, 4.69) is 20.9 Å². The molecule has 0 spiro atoms. The average molecular weight is 453 g/mol. The highest BCUT2D eigenvalue weighted by Crippen LogP contribution is 2.32. The zero-order valence-corrected chi connectivity index (χ0v) is 17.3. The van der Waals surface area contributed by atoms with Crippen LogP contribution in [0.3, 0.4) is 0 Å². The van der Waals surface area contributed by atoms with Gasteiger partial charge < -0.3 is 14.4 Å².